The van der Waals surface area contributed by atoms with E-state index in [9.17, 15) is 9.59 Å². The molecule has 0 fully saturated rings. The monoisotopic (exact) mass is 344 g/mol. The van der Waals surface area contributed by atoms with Gasteiger partial charge in [-0.3, -0.25) is 0 Å². The normalized spacial score (nSPS) is 10.8. The van der Waals surface area contributed by atoms with Crippen LogP contribution in [0.3, 0.4) is 0 Å². The minimum atomic E-state index is -0.937. The molecule has 0 spiro atoms. The molecule has 4 nitrogen and oxygen atoms in total. The quantitative estimate of drug-likeness (QED) is 0.644. The van der Waals surface area contributed by atoms with Crippen molar-refractivity contribution in [2.75, 3.05) is 0 Å². The van der Waals surface area contributed by atoms with Gasteiger partial charge in [0.05, 0.1) is 11.1 Å². The van der Waals surface area contributed by atoms with E-state index < -0.39 is 11.9 Å². The van der Waals surface area contributed by atoms with E-state index >= 15 is 0 Å². The first-order valence-corrected chi connectivity index (χ1v) is 7.98. The van der Waals surface area contributed by atoms with Gasteiger partial charge < -0.3 is 10.2 Å². The smallest absolute Gasteiger partial charge is 0.335 e. The highest BCUT2D eigenvalue weighted by atomic mass is 16.4. The number of benzene rings is 3. The maximum atomic E-state index is 10.9. The van der Waals surface area contributed by atoms with E-state index in [1.165, 1.54) is 0 Å². The third kappa shape index (κ3) is 4.05. The molecule has 0 aliphatic rings. The molecule has 26 heavy (non-hydrogen) atoms. The number of carboxylic acids is 2. The van der Waals surface area contributed by atoms with Crippen LogP contribution in [-0.2, 0) is 0 Å². The van der Waals surface area contributed by atoms with Gasteiger partial charge in [0.1, 0.15) is 0 Å². The Bertz CT molecular complexity index is 951. The first kappa shape index (κ1) is 17.2. The Morgan fingerprint density at radius 3 is 1.23 bits per heavy atom. The van der Waals surface area contributed by atoms with Crippen molar-refractivity contribution in [1.82, 2.24) is 0 Å². The van der Waals surface area contributed by atoms with Crippen molar-refractivity contribution in [3.05, 3.63) is 95.1 Å². The number of carboxylic acid groups (broad SMARTS) is 2. The Hall–Kier alpha value is -3.66. The Labute approximate surface area is 150 Å². The summed E-state index contributed by atoms with van der Waals surface area (Å²) in [4.78, 5) is 21.7. The van der Waals surface area contributed by atoms with Crippen molar-refractivity contribution in [1.29, 1.82) is 0 Å². The summed E-state index contributed by atoms with van der Waals surface area (Å²) in [5, 5.41) is 17.8. The number of hydrogen-bond donors (Lipinski definition) is 2. The zero-order valence-corrected chi connectivity index (χ0v) is 13.8. The Morgan fingerprint density at radius 1 is 0.538 bits per heavy atom. The third-order valence-corrected chi connectivity index (χ3v) is 4.00. The van der Waals surface area contributed by atoms with Gasteiger partial charge in [-0.05, 0) is 46.5 Å². The summed E-state index contributed by atoms with van der Waals surface area (Å²) < 4.78 is 0. The van der Waals surface area contributed by atoms with Crippen LogP contribution in [0.25, 0.3) is 23.3 Å². The SMILES string of the molecule is O=C(O)c1ccc(C=Cc2ccc(-c3ccc(C(=O)O)cc3)cc2)cc1. The van der Waals surface area contributed by atoms with Gasteiger partial charge in [0.15, 0.2) is 0 Å². The van der Waals surface area contributed by atoms with Crippen molar-refractivity contribution < 1.29 is 19.8 Å². The molecule has 0 atom stereocenters. The molecule has 0 saturated carbocycles. The molecule has 128 valence electrons. The zero-order chi connectivity index (χ0) is 18.5. The van der Waals surface area contributed by atoms with Gasteiger partial charge in [0, 0.05) is 0 Å². The van der Waals surface area contributed by atoms with E-state index in [4.69, 9.17) is 10.2 Å². The molecule has 3 aromatic carbocycles. The van der Waals surface area contributed by atoms with Crippen molar-refractivity contribution in [3.8, 4) is 11.1 Å². The second-order valence-corrected chi connectivity index (χ2v) is 5.77. The highest BCUT2D eigenvalue weighted by molar-refractivity contribution is 5.88. The number of aromatic carboxylic acids is 2. The summed E-state index contributed by atoms with van der Waals surface area (Å²) in [6.07, 6.45) is 3.87. The highest BCUT2D eigenvalue weighted by Gasteiger charge is 2.03. The first-order valence-electron chi connectivity index (χ1n) is 7.98. The second kappa shape index (κ2) is 7.49. The molecule has 0 unspecified atom stereocenters. The van der Waals surface area contributed by atoms with Crippen LogP contribution in [0.5, 0.6) is 0 Å². The molecular formula is C22H16O4. The largest absolute Gasteiger partial charge is 0.478 e. The Balaban J connectivity index is 1.72. The molecule has 0 aliphatic heterocycles. The van der Waals surface area contributed by atoms with E-state index in [0.717, 1.165) is 22.3 Å². The lowest BCUT2D eigenvalue weighted by Gasteiger charge is -2.03. The first-order chi connectivity index (χ1) is 12.5. The van der Waals surface area contributed by atoms with Gasteiger partial charge in [0.2, 0.25) is 0 Å². The third-order valence-electron chi connectivity index (χ3n) is 4.00. The molecule has 0 saturated heterocycles. The lowest BCUT2D eigenvalue weighted by atomic mass is 10.0. The van der Waals surface area contributed by atoms with Gasteiger partial charge in [-0.15, -0.1) is 0 Å². The van der Waals surface area contributed by atoms with Crippen LogP contribution in [0.15, 0.2) is 72.8 Å². The minimum absolute atomic E-state index is 0.264. The van der Waals surface area contributed by atoms with E-state index in [-0.39, 0.29) is 11.1 Å². The minimum Gasteiger partial charge on any atom is -0.478 e. The molecule has 2 N–H and O–H groups in total. The van der Waals surface area contributed by atoms with E-state index in [2.05, 4.69) is 0 Å². The summed E-state index contributed by atoms with van der Waals surface area (Å²) in [6, 6.07) is 21.3. The summed E-state index contributed by atoms with van der Waals surface area (Å²) in [5.74, 6) is -1.87. The fraction of sp³-hybridized carbons (Fsp3) is 0. The Kier molecular flexibility index (Phi) is 4.94. The lowest BCUT2D eigenvalue weighted by Crippen LogP contribution is -1.94. The van der Waals surface area contributed by atoms with Gasteiger partial charge in [-0.25, -0.2) is 9.59 Å². The van der Waals surface area contributed by atoms with Gasteiger partial charge in [-0.2, -0.15) is 0 Å². The van der Waals surface area contributed by atoms with E-state index in [0.29, 0.717) is 0 Å². The highest BCUT2D eigenvalue weighted by Crippen LogP contribution is 2.21. The standard InChI is InChI=1S/C22H16O4/c23-21(24)19-9-5-16(6-10-19)2-1-15-3-7-17(8-4-15)18-11-13-20(14-12-18)22(25)26/h1-14H,(H,23,24)(H,25,26). The second-order valence-electron chi connectivity index (χ2n) is 5.77. The average molecular weight is 344 g/mol. The fourth-order valence-corrected chi connectivity index (χ4v) is 2.52. The van der Waals surface area contributed by atoms with Crippen LogP contribution in [0.1, 0.15) is 31.8 Å². The molecule has 0 amide bonds. The number of carbonyl (C=O) groups is 2. The molecule has 0 aromatic heterocycles. The predicted molar refractivity (Wildman–Crippen MR) is 101 cm³/mol. The van der Waals surface area contributed by atoms with Gasteiger partial charge in [-0.1, -0.05) is 60.7 Å². The van der Waals surface area contributed by atoms with Gasteiger partial charge in [0.25, 0.3) is 0 Å². The fourth-order valence-electron chi connectivity index (χ4n) is 2.52. The lowest BCUT2D eigenvalue weighted by molar-refractivity contribution is 0.0686. The van der Waals surface area contributed by atoms with Crippen LogP contribution >= 0.6 is 0 Å². The molecular weight excluding hydrogens is 328 g/mol. The topological polar surface area (TPSA) is 74.6 Å². The van der Waals surface area contributed by atoms with Crippen LogP contribution in [0.2, 0.25) is 0 Å². The molecule has 4 heteroatoms. The Morgan fingerprint density at radius 2 is 0.846 bits per heavy atom. The van der Waals surface area contributed by atoms with Crippen molar-refractivity contribution in [2.45, 2.75) is 0 Å². The molecule has 0 bridgehead atoms. The van der Waals surface area contributed by atoms with Crippen molar-refractivity contribution in [3.63, 3.8) is 0 Å². The number of hydrogen-bond acceptors (Lipinski definition) is 2. The van der Waals surface area contributed by atoms with Crippen molar-refractivity contribution >= 4 is 24.1 Å². The maximum absolute atomic E-state index is 10.9. The van der Waals surface area contributed by atoms with E-state index in [1.54, 1.807) is 48.5 Å². The number of rotatable bonds is 5. The summed E-state index contributed by atoms with van der Waals surface area (Å²) >= 11 is 0. The van der Waals surface area contributed by atoms with Crippen LogP contribution in [0, 0.1) is 0 Å². The van der Waals surface area contributed by atoms with Crippen LogP contribution in [0.4, 0.5) is 0 Å². The molecule has 0 heterocycles. The van der Waals surface area contributed by atoms with Crippen molar-refractivity contribution in [2.24, 2.45) is 0 Å². The van der Waals surface area contributed by atoms with Crippen LogP contribution < -0.4 is 0 Å². The zero-order valence-electron chi connectivity index (χ0n) is 13.8. The molecule has 0 aliphatic carbocycles. The average Bonchev–Trinajstić information content (AvgIpc) is 2.67. The van der Waals surface area contributed by atoms with E-state index in [1.807, 2.05) is 36.4 Å². The predicted octanol–water partition coefficient (Wildman–Crippen LogP) is 4.92. The molecule has 0 radical (unpaired) electrons. The summed E-state index contributed by atoms with van der Waals surface area (Å²) in [7, 11) is 0. The molecule has 3 rings (SSSR count). The maximum Gasteiger partial charge on any atom is 0.335 e. The van der Waals surface area contributed by atoms with Crippen LogP contribution in [-0.4, -0.2) is 22.2 Å². The van der Waals surface area contributed by atoms with Gasteiger partial charge >= 0.3 is 11.9 Å². The summed E-state index contributed by atoms with van der Waals surface area (Å²) in [6.45, 7) is 0. The molecule has 3 aromatic rings. The summed E-state index contributed by atoms with van der Waals surface area (Å²) in [5.41, 5.74) is 4.42.